The van der Waals surface area contributed by atoms with Crippen molar-refractivity contribution in [3.63, 3.8) is 0 Å². The highest BCUT2D eigenvalue weighted by atomic mass is 16.7. The molecule has 1 saturated heterocycles. The summed E-state index contributed by atoms with van der Waals surface area (Å²) in [6.45, 7) is 1.22. The second kappa shape index (κ2) is 19.3. The Bertz CT molecular complexity index is 2060. The van der Waals surface area contributed by atoms with Crippen LogP contribution in [0.3, 0.4) is 0 Å². The van der Waals surface area contributed by atoms with E-state index in [1.54, 1.807) is 48.5 Å². The van der Waals surface area contributed by atoms with Gasteiger partial charge in [0.05, 0.1) is 36.3 Å². The molecular weight excluding hydrogens is 709 g/mol. The summed E-state index contributed by atoms with van der Waals surface area (Å²) in [6, 6.07) is 37.5. The highest BCUT2D eigenvalue weighted by Gasteiger charge is 2.33. The van der Waals surface area contributed by atoms with Gasteiger partial charge >= 0.3 is 0 Å². The van der Waals surface area contributed by atoms with Gasteiger partial charge in [-0.1, -0.05) is 91.0 Å². The summed E-state index contributed by atoms with van der Waals surface area (Å²) >= 11 is 0. The molecular formula is C45H50N4O7. The number of aliphatic hydroxyl groups excluding tert-OH is 2. The first-order chi connectivity index (χ1) is 27.1. The number of ether oxygens (including phenoxy) is 2. The van der Waals surface area contributed by atoms with Crippen molar-refractivity contribution >= 4 is 23.2 Å². The number of benzene rings is 5. The second-order valence-corrected chi connectivity index (χ2v) is 14.3. The van der Waals surface area contributed by atoms with Crippen LogP contribution < -0.4 is 16.4 Å². The summed E-state index contributed by atoms with van der Waals surface area (Å²) in [5, 5.41) is 36.1. The number of nitrogens with one attached hydrogen (secondary N) is 2. The van der Waals surface area contributed by atoms with E-state index in [-0.39, 0.29) is 49.2 Å². The summed E-state index contributed by atoms with van der Waals surface area (Å²) in [5.41, 5.74) is 13.2. The molecule has 2 amide bonds. The fourth-order valence-electron chi connectivity index (χ4n) is 6.80. The van der Waals surface area contributed by atoms with Crippen molar-refractivity contribution in [2.24, 2.45) is 0 Å². The molecule has 11 nitrogen and oxygen atoms in total. The van der Waals surface area contributed by atoms with E-state index in [1.165, 1.54) is 0 Å². The maximum absolute atomic E-state index is 12.6. The van der Waals surface area contributed by atoms with Gasteiger partial charge in [0.25, 0.3) is 0 Å². The molecule has 292 valence electrons. The highest BCUT2D eigenvalue weighted by molar-refractivity contribution is 5.94. The summed E-state index contributed by atoms with van der Waals surface area (Å²) in [5.74, 6) is -0.200. The van der Waals surface area contributed by atoms with Gasteiger partial charge in [-0.3, -0.25) is 9.59 Å². The van der Waals surface area contributed by atoms with Crippen molar-refractivity contribution < 1.29 is 34.4 Å². The van der Waals surface area contributed by atoms with Gasteiger partial charge in [0.15, 0.2) is 6.29 Å². The molecule has 5 aromatic carbocycles. The zero-order valence-electron chi connectivity index (χ0n) is 31.5. The Hall–Kier alpha value is -5.56. The number of hydrogen-bond donors (Lipinski definition) is 6. The Morgan fingerprint density at radius 2 is 1.55 bits per heavy atom. The number of carbonyl (C=O) groups is 2. The molecule has 0 aromatic heterocycles. The third kappa shape index (κ3) is 11.2. The third-order valence-corrected chi connectivity index (χ3v) is 9.85. The lowest BCUT2D eigenvalue weighted by Gasteiger charge is -2.38. The molecule has 4 unspecified atom stereocenters. The molecule has 6 rings (SSSR count). The molecule has 0 aliphatic carbocycles. The van der Waals surface area contributed by atoms with E-state index in [4.69, 9.17) is 15.2 Å². The molecule has 0 radical (unpaired) electrons. The van der Waals surface area contributed by atoms with E-state index >= 15 is 0 Å². The molecule has 0 bridgehead atoms. The number of amides is 2. The van der Waals surface area contributed by atoms with E-state index in [2.05, 4.69) is 10.6 Å². The van der Waals surface area contributed by atoms with Gasteiger partial charge in [-0.2, -0.15) is 0 Å². The molecule has 5 aromatic rings. The van der Waals surface area contributed by atoms with Gasteiger partial charge in [-0.05, 0) is 77.2 Å². The van der Waals surface area contributed by atoms with Crippen LogP contribution in [0.4, 0.5) is 11.4 Å². The minimum Gasteiger partial charge on any atom is -0.508 e. The van der Waals surface area contributed by atoms with E-state index in [9.17, 15) is 24.9 Å². The van der Waals surface area contributed by atoms with E-state index < -0.39 is 12.4 Å². The van der Waals surface area contributed by atoms with Crippen LogP contribution in [-0.2, 0) is 32.2 Å². The molecule has 1 heterocycles. The molecule has 4 atom stereocenters. The minimum absolute atomic E-state index is 0.0373. The number of carbonyl (C=O) groups excluding carboxylic acids is 2. The monoisotopic (exact) mass is 758 g/mol. The largest absolute Gasteiger partial charge is 0.508 e. The fourth-order valence-corrected chi connectivity index (χ4v) is 6.80. The summed E-state index contributed by atoms with van der Waals surface area (Å²) in [4.78, 5) is 26.9. The number of anilines is 2. The van der Waals surface area contributed by atoms with Gasteiger partial charge in [0, 0.05) is 44.5 Å². The van der Waals surface area contributed by atoms with Crippen molar-refractivity contribution in [3.8, 4) is 16.9 Å². The smallest absolute Gasteiger partial charge is 0.224 e. The number of likely N-dealkylation sites (N-methyl/N-ethyl adjacent to an activating group) is 1. The molecule has 1 aliphatic heterocycles. The van der Waals surface area contributed by atoms with Crippen LogP contribution >= 0.6 is 0 Å². The highest BCUT2D eigenvalue weighted by Crippen LogP contribution is 2.39. The predicted octanol–water partition coefficient (Wildman–Crippen LogP) is 6.77. The lowest BCUT2D eigenvalue weighted by atomic mass is 9.99. The zero-order valence-corrected chi connectivity index (χ0v) is 31.5. The molecule has 0 saturated carbocycles. The number of aliphatic hydroxyl groups is 2. The maximum atomic E-state index is 12.6. The molecule has 1 aliphatic rings. The molecule has 56 heavy (non-hydrogen) atoms. The number of rotatable bonds is 16. The number of para-hydroxylation sites is 2. The van der Waals surface area contributed by atoms with Gasteiger partial charge in [0.1, 0.15) is 5.75 Å². The summed E-state index contributed by atoms with van der Waals surface area (Å²) in [7, 11) is 1.94. The van der Waals surface area contributed by atoms with Crippen molar-refractivity contribution in [2.45, 2.75) is 63.4 Å². The topological polar surface area (TPSA) is 167 Å². The van der Waals surface area contributed by atoms with Gasteiger partial charge < -0.3 is 46.1 Å². The van der Waals surface area contributed by atoms with Gasteiger partial charge in [0.2, 0.25) is 11.8 Å². The number of aromatic hydroxyl groups is 1. The number of nitrogens with zero attached hydrogens (tertiary/aromatic N) is 1. The minimum atomic E-state index is -0.780. The third-order valence-electron chi connectivity index (χ3n) is 9.85. The average Bonchev–Trinajstić information content (AvgIpc) is 3.21. The van der Waals surface area contributed by atoms with E-state index in [0.29, 0.717) is 49.4 Å². The van der Waals surface area contributed by atoms with Crippen LogP contribution in [0.5, 0.6) is 5.75 Å². The lowest BCUT2D eigenvalue weighted by Crippen LogP contribution is -2.39. The standard InChI is InChI=1S/C45H50N4O7/c1-49(28-41(52)36-9-5-10-37(51)24-36)27-38-25-42(33-17-15-30(29-50)16-18-33)56-45(55-38)34-21-19-32(20-22-34)35-8-4-7-31(23-35)26-47-43(53)13-6-14-44(54)48-40-12-3-2-11-39(40)46/h2-5,7-12,15-24,38,41-42,45,50-52H,6,13-14,25-29,46H2,1H3,(H,47,53)(H,48,54). The molecule has 7 N–H and O–H groups in total. The number of nitrogens with two attached hydrogens (primary N) is 1. The molecule has 11 heteroatoms. The van der Waals surface area contributed by atoms with Crippen LogP contribution in [0.2, 0.25) is 0 Å². The first-order valence-corrected chi connectivity index (χ1v) is 18.9. The average molecular weight is 759 g/mol. The number of phenolic OH excluding ortho intramolecular Hbond substituents is 1. The number of phenols is 1. The first-order valence-electron chi connectivity index (χ1n) is 18.9. The fraction of sp³-hybridized carbons (Fsp3) is 0.289. The number of nitrogen functional groups attached to an aromatic ring is 1. The van der Waals surface area contributed by atoms with Crippen molar-refractivity contribution in [1.82, 2.24) is 10.2 Å². The van der Waals surface area contributed by atoms with Gasteiger partial charge in [-0.15, -0.1) is 0 Å². The zero-order chi connectivity index (χ0) is 39.4. The number of hydrogen-bond acceptors (Lipinski definition) is 9. The van der Waals surface area contributed by atoms with Crippen LogP contribution in [-0.4, -0.2) is 58.3 Å². The normalized spacial score (nSPS) is 17.3. The van der Waals surface area contributed by atoms with Crippen molar-refractivity contribution in [2.75, 3.05) is 31.2 Å². The lowest BCUT2D eigenvalue weighted by molar-refractivity contribution is -0.252. The predicted molar refractivity (Wildman–Crippen MR) is 216 cm³/mol. The van der Waals surface area contributed by atoms with Crippen LogP contribution in [0, 0.1) is 0 Å². The van der Waals surface area contributed by atoms with Crippen molar-refractivity contribution in [1.29, 1.82) is 0 Å². The Morgan fingerprint density at radius 1 is 0.821 bits per heavy atom. The Balaban J connectivity index is 1.05. The first kappa shape index (κ1) is 40.1. The summed E-state index contributed by atoms with van der Waals surface area (Å²) < 4.78 is 13.1. The Morgan fingerprint density at radius 3 is 2.30 bits per heavy atom. The molecule has 1 fully saturated rings. The summed E-state index contributed by atoms with van der Waals surface area (Å²) in [6.07, 6.45) is -0.422. The van der Waals surface area contributed by atoms with Crippen LogP contribution in [0.25, 0.3) is 11.1 Å². The van der Waals surface area contributed by atoms with Gasteiger partial charge in [-0.25, -0.2) is 0 Å². The Kier molecular flexibility index (Phi) is 13.9. The van der Waals surface area contributed by atoms with E-state index in [1.807, 2.05) is 84.7 Å². The van der Waals surface area contributed by atoms with Crippen LogP contribution in [0.15, 0.2) is 121 Å². The maximum Gasteiger partial charge on any atom is 0.224 e. The van der Waals surface area contributed by atoms with Crippen molar-refractivity contribution in [3.05, 3.63) is 149 Å². The quantitative estimate of drug-likeness (QED) is 0.0596. The second-order valence-electron chi connectivity index (χ2n) is 14.3. The van der Waals surface area contributed by atoms with E-state index in [0.717, 1.165) is 33.4 Å². The molecule has 0 spiro atoms. The van der Waals surface area contributed by atoms with Crippen LogP contribution in [0.1, 0.15) is 72.0 Å². The Labute approximate surface area is 327 Å². The SMILES string of the molecule is CN(CC1CC(c2ccc(CO)cc2)OC(c2ccc(-c3cccc(CNC(=O)CCCC(=O)Nc4ccccc4N)c3)cc2)O1)CC(O)c1cccc(O)c1.